The predicted octanol–water partition coefficient (Wildman–Crippen LogP) is 3.73. The van der Waals surface area contributed by atoms with Gasteiger partial charge in [0, 0.05) is 0 Å². The second-order valence-electron chi connectivity index (χ2n) is 5.39. The number of rotatable bonds is 5. The van der Waals surface area contributed by atoms with Crippen LogP contribution in [0.5, 0.6) is 0 Å². The molecule has 0 aromatic heterocycles. The molecule has 0 heterocycles. The van der Waals surface area contributed by atoms with Crippen LogP contribution in [0.1, 0.15) is 48.0 Å². The van der Waals surface area contributed by atoms with Gasteiger partial charge >= 0.3 is 5.97 Å². The van der Waals surface area contributed by atoms with Gasteiger partial charge in [0.1, 0.15) is 0 Å². The zero-order chi connectivity index (χ0) is 12.4. The van der Waals surface area contributed by atoms with E-state index in [0.29, 0.717) is 0 Å². The first-order chi connectivity index (χ1) is 6.59. The molecule has 0 saturated carbocycles. The van der Waals surface area contributed by atoms with Gasteiger partial charge in [0.15, 0.2) is 0 Å². The van der Waals surface area contributed by atoms with Crippen LogP contribution in [-0.4, -0.2) is 11.1 Å². The van der Waals surface area contributed by atoms with E-state index in [9.17, 15) is 9.90 Å². The lowest BCUT2D eigenvalue weighted by Gasteiger charge is -2.43. The number of hydrogen-bond donors (Lipinski definition) is 1. The first-order valence-electron chi connectivity index (χ1n) is 5.50. The lowest BCUT2D eigenvalue weighted by atomic mass is 9.60. The molecule has 0 fully saturated rings. The van der Waals surface area contributed by atoms with Gasteiger partial charge in [-0.15, -0.1) is 0 Å². The molecule has 88 valence electrons. The smallest absolute Gasteiger partial charge is 0.309 e. The Morgan fingerprint density at radius 3 is 2.00 bits per heavy atom. The van der Waals surface area contributed by atoms with Crippen LogP contribution in [0.2, 0.25) is 0 Å². The Morgan fingerprint density at radius 1 is 1.33 bits per heavy atom. The van der Waals surface area contributed by atoms with Crippen molar-refractivity contribution in [2.75, 3.05) is 0 Å². The maximum absolute atomic E-state index is 11.3. The Balaban J connectivity index is 5.12. The summed E-state index contributed by atoms with van der Waals surface area (Å²) in [4.78, 5) is 11.3. The Hall–Kier alpha value is -0.790. The Labute approximate surface area is 93.4 Å². The van der Waals surface area contributed by atoms with Gasteiger partial charge in [0.2, 0.25) is 0 Å². The van der Waals surface area contributed by atoms with Gasteiger partial charge in [0.05, 0.1) is 5.41 Å². The molecule has 0 rings (SSSR count). The molecule has 0 aliphatic carbocycles. The minimum atomic E-state index is -0.747. The van der Waals surface area contributed by atoms with Crippen LogP contribution in [-0.2, 0) is 4.79 Å². The summed E-state index contributed by atoms with van der Waals surface area (Å²) in [6.07, 6.45) is 0.903. The van der Waals surface area contributed by atoms with Gasteiger partial charge in [-0.25, -0.2) is 0 Å². The van der Waals surface area contributed by atoms with Crippen molar-refractivity contribution in [3.63, 3.8) is 0 Å². The lowest BCUT2D eigenvalue weighted by Crippen LogP contribution is -2.44. The van der Waals surface area contributed by atoms with Crippen LogP contribution in [0.15, 0.2) is 12.2 Å². The molecule has 1 unspecified atom stereocenters. The molecular weight excluding hydrogens is 188 g/mol. The van der Waals surface area contributed by atoms with Gasteiger partial charge in [-0.1, -0.05) is 39.8 Å². The summed E-state index contributed by atoms with van der Waals surface area (Å²) in [5.41, 5.74) is 0.0746. The zero-order valence-corrected chi connectivity index (χ0v) is 10.8. The molecule has 0 aliphatic heterocycles. The van der Waals surface area contributed by atoms with Crippen molar-refractivity contribution < 1.29 is 9.90 Å². The maximum Gasteiger partial charge on any atom is 0.309 e. The highest BCUT2D eigenvalue weighted by Crippen LogP contribution is 2.47. The van der Waals surface area contributed by atoms with E-state index in [2.05, 4.69) is 20.4 Å². The lowest BCUT2D eigenvalue weighted by molar-refractivity contribution is -0.155. The molecule has 15 heavy (non-hydrogen) atoms. The summed E-state index contributed by atoms with van der Waals surface area (Å²) in [6.45, 7) is 15.7. The van der Waals surface area contributed by atoms with Crippen LogP contribution in [0.3, 0.4) is 0 Å². The van der Waals surface area contributed by atoms with E-state index in [0.717, 1.165) is 12.0 Å². The average molecular weight is 212 g/mol. The highest BCUT2D eigenvalue weighted by molar-refractivity contribution is 5.74. The normalized spacial score (nSPS) is 14.8. The highest BCUT2D eigenvalue weighted by Gasteiger charge is 2.46. The van der Waals surface area contributed by atoms with E-state index < -0.39 is 11.4 Å². The number of carboxylic acids is 1. The summed E-state index contributed by atoms with van der Waals surface area (Å²) in [6, 6.07) is 0. The van der Waals surface area contributed by atoms with E-state index in [1.54, 1.807) is 13.8 Å². The van der Waals surface area contributed by atoms with Crippen molar-refractivity contribution in [2.45, 2.75) is 48.0 Å². The van der Waals surface area contributed by atoms with E-state index in [4.69, 9.17) is 0 Å². The van der Waals surface area contributed by atoms with Crippen molar-refractivity contribution in [2.24, 2.45) is 16.7 Å². The van der Waals surface area contributed by atoms with Gasteiger partial charge in [-0.2, -0.15) is 0 Å². The van der Waals surface area contributed by atoms with E-state index in [1.807, 2.05) is 13.8 Å². The number of carbonyl (C=O) groups is 1. The monoisotopic (exact) mass is 212 g/mol. The Bertz CT molecular complexity index is 262. The Kier molecular flexibility index (Phi) is 4.15. The average Bonchev–Trinajstić information content (AvgIpc) is 2.14. The predicted molar refractivity (Wildman–Crippen MR) is 63.8 cm³/mol. The molecule has 0 saturated heterocycles. The van der Waals surface area contributed by atoms with Gasteiger partial charge < -0.3 is 5.11 Å². The molecule has 0 bridgehead atoms. The van der Waals surface area contributed by atoms with E-state index in [1.165, 1.54) is 0 Å². The minimum Gasteiger partial charge on any atom is -0.481 e. The molecule has 2 heteroatoms. The highest BCUT2D eigenvalue weighted by atomic mass is 16.4. The standard InChI is InChI=1S/C13H24O2/c1-8-9(2)10(3)12(4,5)13(6,7)11(14)15/h10H,2,8H2,1,3-7H3,(H,14,15). The summed E-state index contributed by atoms with van der Waals surface area (Å²) in [7, 11) is 0. The molecule has 0 aromatic carbocycles. The first kappa shape index (κ1) is 14.2. The van der Waals surface area contributed by atoms with Crippen LogP contribution in [0.4, 0.5) is 0 Å². The van der Waals surface area contributed by atoms with Crippen molar-refractivity contribution in [3.05, 3.63) is 12.2 Å². The van der Waals surface area contributed by atoms with Crippen molar-refractivity contribution in [1.82, 2.24) is 0 Å². The second-order valence-corrected chi connectivity index (χ2v) is 5.39. The molecular formula is C13H24O2. The molecule has 1 atom stereocenters. The zero-order valence-electron chi connectivity index (χ0n) is 10.8. The largest absolute Gasteiger partial charge is 0.481 e. The van der Waals surface area contributed by atoms with E-state index >= 15 is 0 Å². The van der Waals surface area contributed by atoms with Crippen LogP contribution in [0.25, 0.3) is 0 Å². The fraction of sp³-hybridized carbons (Fsp3) is 0.769. The number of hydrogen-bond acceptors (Lipinski definition) is 1. The molecule has 1 N–H and O–H groups in total. The third kappa shape index (κ3) is 2.42. The second kappa shape index (κ2) is 4.38. The molecule has 0 spiro atoms. The van der Waals surface area contributed by atoms with Crippen molar-refractivity contribution in [1.29, 1.82) is 0 Å². The molecule has 0 aromatic rings. The Morgan fingerprint density at radius 2 is 1.73 bits per heavy atom. The third-order valence-electron chi connectivity index (χ3n) is 4.29. The number of aliphatic carboxylic acids is 1. The van der Waals surface area contributed by atoms with Crippen LogP contribution in [0, 0.1) is 16.7 Å². The van der Waals surface area contributed by atoms with Gasteiger partial charge in [-0.3, -0.25) is 4.79 Å². The summed E-state index contributed by atoms with van der Waals surface area (Å²) in [5, 5.41) is 9.25. The van der Waals surface area contributed by atoms with Crippen LogP contribution < -0.4 is 0 Å². The summed E-state index contributed by atoms with van der Waals surface area (Å²) in [5.74, 6) is -0.545. The first-order valence-corrected chi connectivity index (χ1v) is 5.50. The molecule has 0 radical (unpaired) electrons. The SMILES string of the molecule is C=C(CC)C(C)C(C)(C)C(C)(C)C(=O)O. The third-order valence-corrected chi connectivity index (χ3v) is 4.29. The number of allylic oxidation sites excluding steroid dienone is 1. The maximum atomic E-state index is 11.3. The van der Waals surface area contributed by atoms with E-state index in [-0.39, 0.29) is 11.3 Å². The fourth-order valence-electron chi connectivity index (χ4n) is 1.63. The van der Waals surface area contributed by atoms with Gasteiger partial charge in [-0.05, 0) is 31.6 Å². The topological polar surface area (TPSA) is 37.3 Å². The summed E-state index contributed by atoms with van der Waals surface area (Å²) >= 11 is 0. The van der Waals surface area contributed by atoms with Crippen LogP contribution >= 0.6 is 0 Å². The number of carboxylic acid groups (broad SMARTS) is 1. The van der Waals surface area contributed by atoms with Gasteiger partial charge in [0.25, 0.3) is 0 Å². The molecule has 0 amide bonds. The van der Waals surface area contributed by atoms with Crippen molar-refractivity contribution >= 4 is 5.97 Å². The quantitative estimate of drug-likeness (QED) is 0.705. The molecule has 0 aliphatic rings. The fourth-order valence-corrected chi connectivity index (χ4v) is 1.63. The minimum absolute atomic E-state index is 0.202. The van der Waals surface area contributed by atoms with Crippen molar-refractivity contribution in [3.8, 4) is 0 Å². The summed E-state index contributed by atoms with van der Waals surface area (Å²) < 4.78 is 0. The molecule has 2 nitrogen and oxygen atoms in total.